The second-order valence-corrected chi connectivity index (χ2v) is 6.21. The van der Waals surface area contributed by atoms with Crippen LogP contribution in [0.5, 0.6) is 11.5 Å². The second kappa shape index (κ2) is 8.43. The minimum Gasteiger partial charge on any atom is -0.493 e. The van der Waals surface area contributed by atoms with Gasteiger partial charge >= 0.3 is 5.63 Å². The Bertz CT molecular complexity index is 1100. The van der Waals surface area contributed by atoms with Crippen LogP contribution in [0.2, 0.25) is 0 Å². The number of rotatable bonds is 6. The number of methoxy groups -OCH3 is 1. The van der Waals surface area contributed by atoms with E-state index in [1.165, 1.54) is 6.07 Å². The van der Waals surface area contributed by atoms with Crippen LogP contribution < -0.4 is 20.4 Å². The highest BCUT2D eigenvalue weighted by molar-refractivity contribution is 5.94. The van der Waals surface area contributed by atoms with E-state index >= 15 is 0 Å². The van der Waals surface area contributed by atoms with Crippen LogP contribution in [-0.2, 0) is 4.79 Å². The molecular weight excluding hydrogens is 358 g/mol. The van der Waals surface area contributed by atoms with Gasteiger partial charge in [-0.15, -0.1) is 0 Å². The molecule has 6 heteroatoms. The molecule has 1 heterocycles. The van der Waals surface area contributed by atoms with Crippen molar-refractivity contribution in [2.75, 3.05) is 19.0 Å². The van der Waals surface area contributed by atoms with Gasteiger partial charge in [0.15, 0.2) is 18.1 Å². The molecule has 1 N–H and O–H groups in total. The molecule has 2 aromatic carbocycles. The fraction of sp³-hybridized carbons (Fsp3) is 0.182. The Morgan fingerprint density at radius 2 is 1.96 bits per heavy atom. The Morgan fingerprint density at radius 3 is 2.71 bits per heavy atom. The molecule has 0 fully saturated rings. The summed E-state index contributed by atoms with van der Waals surface area (Å²) in [6.07, 6.45) is 3.87. The lowest BCUT2D eigenvalue weighted by molar-refractivity contribution is -0.118. The molecular formula is C22H21NO5. The third-order valence-electron chi connectivity index (χ3n) is 4.14. The first-order valence-corrected chi connectivity index (χ1v) is 8.78. The topological polar surface area (TPSA) is 77.8 Å². The molecule has 0 saturated heterocycles. The lowest BCUT2D eigenvalue weighted by Crippen LogP contribution is -2.20. The van der Waals surface area contributed by atoms with Crippen molar-refractivity contribution >= 4 is 28.6 Å². The summed E-state index contributed by atoms with van der Waals surface area (Å²) in [6, 6.07) is 12.1. The Labute approximate surface area is 162 Å². The van der Waals surface area contributed by atoms with E-state index in [-0.39, 0.29) is 12.5 Å². The average Bonchev–Trinajstić information content (AvgIpc) is 2.66. The highest BCUT2D eigenvalue weighted by Crippen LogP contribution is 2.28. The largest absolute Gasteiger partial charge is 0.493 e. The van der Waals surface area contributed by atoms with Crippen LogP contribution in [0, 0.1) is 6.92 Å². The number of hydrogen-bond acceptors (Lipinski definition) is 5. The van der Waals surface area contributed by atoms with E-state index in [0.29, 0.717) is 22.8 Å². The molecule has 3 rings (SSSR count). The summed E-state index contributed by atoms with van der Waals surface area (Å²) >= 11 is 0. The monoisotopic (exact) mass is 379 g/mol. The molecule has 0 spiro atoms. The standard InChI is InChI=1S/C22H21NO5/c1-4-5-15-6-9-18(20(11-15)26-3)27-13-21(24)23-16-7-8-17-14(2)10-22(25)28-19(17)12-16/h4-12H,13H2,1-3H3,(H,23,24). The van der Waals surface area contributed by atoms with Crippen molar-refractivity contribution in [2.24, 2.45) is 0 Å². The SMILES string of the molecule is CC=Cc1ccc(OCC(=O)Nc2ccc3c(C)cc(=O)oc3c2)c(OC)c1. The maximum absolute atomic E-state index is 12.2. The average molecular weight is 379 g/mol. The zero-order chi connectivity index (χ0) is 20.1. The number of amides is 1. The maximum Gasteiger partial charge on any atom is 0.336 e. The first-order chi connectivity index (χ1) is 13.5. The molecule has 3 aromatic rings. The Balaban J connectivity index is 1.69. The van der Waals surface area contributed by atoms with Gasteiger partial charge in [0.25, 0.3) is 5.91 Å². The van der Waals surface area contributed by atoms with Crippen LogP contribution in [-0.4, -0.2) is 19.6 Å². The van der Waals surface area contributed by atoms with Crippen LogP contribution in [0.25, 0.3) is 17.0 Å². The second-order valence-electron chi connectivity index (χ2n) is 6.21. The molecule has 1 amide bonds. The Hall–Kier alpha value is -3.54. The molecule has 0 aliphatic rings. The van der Waals surface area contributed by atoms with Gasteiger partial charge in [-0.3, -0.25) is 4.79 Å². The molecule has 0 unspecified atom stereocenters. The predicted octanol–water partition coefficient (Wildman–Crippen LogP) is 4.16. The van der Waals surface area contributed by atoms with Gasteiger partial charge in [0, 0.05) is 23.2 Å². The summed E-state index contributed by atoms with van der Waals surface area (Å²) < 4.78 is 16.1. The molecule has 28 heavy (non-hydrogen) atoms. The van der Waals surface area contributed by atoms with Crippen LogP contribution in [0.1, 0.15) is 18.1 Å². The zero-order valence-corrected chi connectivity index (χ0v) is 15.9. The van der Waals surface area contributed by atoms with Gasteiger partial charge in [0.1, 0.15) is 5.58 Å². The summed E-state index contributed by atoms with van der Waals surface area (Å²) in [7, 11) is 1.55. The van der Waals surface area contributed by atoms with Crippen molar-refractivity contribution in [1.82, 2.24) is 0 Å². The van der Waals surface area contributed by atoms with E-state index in [0.717, 1.165) is 16.5 Å². The molecule has 0 saturated carbocycles. The van der Waals surface area contributed by atoms with Gasteiger partial charge in [0.05, 0.1) is 7.11 Å². The van der Waals surface area contributed by atoms with Gasteiger partial charge in [-0.25, -0.2) is 4.79 Å². The molecule has 0 atom stereocenters. The fourth-order valence-electron chi connectivity index (χ4n) is 2.84. The fourth-order valence-corrected chi connectivity index (χ4v) is 2.84. The van der Waals surface area contributed by atoms with Gasteiger partial charge in [-0.05, 0) is 49.2 Å². The van der Waals surface area contributed by atoms with Crippen LogP contribution in [0.4, 0.5) is 5.69 Å². The van der Waals surface area contributed by atoms with E-state index in [1.807, 2.05) is 38.1 Å². The summed E-state index contributed by atoms with van der Waals surface area (Å²) in [5.74, 6) is 0.686. The zero-order valence-electron chi connectivity index (χ0n) is 15.9. The van der Waals surface area contributed by atoms with Gasteiger partial charge < -0.3 is 19.2 Å². The Morgan fingerprint density at radius 1 is 1.14 bits per heavy atom. The van der Waals surface area contributed by atoms with Crippen molar-refractivity contribution in [3.05, 3.63) is 70.1 Å². The van der Waals surface area contributed by atoms with E-state index in [9.17, 15) is 9.59 Å². The lowest BCUT2D eigenvalue weighted by atomic mass is 10.1. The number of anilines is 1. The van der Waals surface area contributed by atoms with Gasteiger partial charge in [0.2, 0.25) is 0 Å². The summed E-state index contributed by atoms with van der Waals surface area (Å²) in [4.78, 5) is 23.8. The van der Waals surface area contributed by atoms with Gasteiger partial charge in [-0.2, -0.15) is 0 Å². The minimum absolute atomic E-state index is 0.185. The van der Waals surface area contributed by atoms with Crippen molar-refractivity contribution in [2.45, 2.75) is 13.8 Å². The molecule has 6 nitrogen and oxygen atoms in total. The third-order valence-corrected chi connectivity index (χ3v) is 4.14. The molecule has 0 bridgehead atoms. The molecule has 0 aliphatic heterocycles. The van der Waals surface area contributed by atoms with E-state index < -0.39 is 5.63 Å². The van der Waals surface area contributed by atoms with E-state index in [2.05, 4.69) is 5.32 Å². The van der Waals surface area contributed by atoms with Crippen molar-refractivity contribution in [3.8, 4) is 11.5 Å². The molecule has 144 valence electrons. The lowest BCUT2D eigenvalue weighted by Gasteiger charge is -2.12. The van der Waals surface area contributed by atoms with Crippen LogP contribution in [0.3, 0.4) is 0 Å². The predicted molar refractivity (Wildman–Crippen MR) is 109 cm³/mol. The van der Waals surface area contributed by atoms with Gasteiger partial charge in [-0.1, -0.05) is 18.2 Å². The highest BCUT2D eigenvalue weighted by atomic mass is 16.5. The summed E-state index contributed by atoms with van der Waals surface area (Å²) in [6.45, 7) is 3.58. The van der Waals surface area contributed by atoms with E-state index in [1.54, 1.807) is 31.4 Å². The number of hydrogen-bond donors (Lipinski definition) is 1. The van der Waals surface area contributed by atoms with Crippen LogP contribution in [0.15, 0.2) is 57.8 Å². The molecule has 0 aliphatic carbocycles. The third kappa shape index (κ3) is 4.40. The molecule has 1 aromatic heterocycles. The smallest absolute Gasteiger partial charge is 0.336 e. The highest BCUT2D eigenvalue weighted by Gasteiger charge is 2.10. The number of carbonyl (C=O) groups is 1. The van der Waals surface area contributed by atoms with E-state index in [4.69, 9.17) is 13.9 Å². The number of allylic oxidation sites excluding steroid dienone is 1. The van der Waals surface area contributed by atoms with Crippen molar-refractivity contribution in [3.63, 3.8) is 0 Å². The number of ether oxygens (including phenoxy) is 2. The first-order valence-electron chi connectivity index (χ1n) is 8.78. The number of benzene rings is 2. The number of fused-ring (bicyclic) bond motifs is 1. The number of nitrogens with one attached hydrogen (secondary N) is 1. The summed E-state index contributed by atoms with van der Waals surface area (Å²) in [5, 5.41) is 3.55. The maximum atomic E-state index is 12.2. The molecule has 0 radical (unpaired) electrons. The van der Waals surface area contributed by atoms with Crippen molar-refractivity contribution < 1.29 is 18.7 Å². The minimum atomic E-state index is -0.426. The first kappa shape index (κ1) is 19.2. The van der Waals surface area contributed by atoms with Crippen LogP contribution >= 0.6 is 0 Å². The normalized spacial score (nSPS) is 11.0. The van der Waals surface area contributed by atoms with Crippen molar-refractivity contribution in [1.29, 1.82) is 0 Å². The number of carbonyl (C=O) groups excluding carboxylic acids is 1. The number of aryl methyl sites for hydroxylation is 1. The quantitative estimate of drug-likeness (QED) is 0.651. The summed E-state index contributed by atoms with van der Waals surface area (Å²) in [5.41, 5.74) is 2.31. The Kier molecular flexibility index (Phi) is 5.79.